The van der Waals surface area contributed by atoms with Gasteiger partial charge in [0.15, 0.2) is 6.61 Å². The molecule has 1 aromatic rings. The molecule has 1 aromatic carbocycles. The van der Waals surface area contributed by atoms with Gasteiger partial charge in [-0.1, -0.05) is 19.3 Å². The van der Waals surface area contributed by atoms with Crippen molar-refractivity contribution in [2.45, 2.75) is 51.5 Å². The minimum absolute atomic E-state index is 0.00464. The monoisotopic (exact) mass is 416 g/mol. The normalized spacial score (nSPS) is 19.4. The minimum Gasteiger partial charge on any atom is -0.462 e. The molecule has 1 aliphatic heterocycles. The van der Waals surface area contributed by atoms with Crippen LogP contribution in [0, 0.1) is 5.92 Å². The molecule has 0 spiro atoms. The molecule has 2 fully saturated rings. The Bertz CT molecular complexity index is 785. The van der Waals surface area contributed by atoms with E-state index < -0.39 is 30.4 Å². The van der Waals surface area contributed by atoms with Crippen LogP contribution < -0.4 is 5.32 Å². The number of rotatable bonds is 7. The lowest BCUT2D eigenvalue weighted by molar-refractivity contribution is -0.151. The van der Waals surface area contributed by atoms with Crippen molar-refractivity contribution in [3.05, 3.63) is 29.8 Å². The van der Waals surface area contributed by atoms with Crippen molar-refractivity contribution in [3.63, 3.8) is 0 Å². The predicted octanol–water partition coefficient (Wildman–Crippen LogP) is 2.53. The highest BCUT2D eigenvalue weighted by atomic mass is 16.5. The van der Waals surface area contributed by atoms with Crippen molar-refractivity contribution < 1.29 is 28.7 Å². The molecule has 8 nitrogen and oxygen atoms in total. The summed E-state index contributed by atoms with van der Waals surface area (Å²) < 4.78 is 10.0. The maximum atomic E-state index is 12.3. The van der Waals surface area contributed by atoms with Gasteiger partial charge in [0.1, 0.15) is 0 Å². The van der Waals surface area contributed by atoms with E-state index in [1.807, 2.05) is 4.90 Å². The third kappa shape index (κ3) is 5.58. The zero-order valence-corrected chi connectivity index (χ0v) is 17.2. The summed E-state index contributed by atoms with van der Waals surface area (Å²) in [4.78, 5) is 50.1. The SMILES string of the molecule is CCOC(=O)c1ccc(NC(=O)COC(=O)[C@H]2CC(=O)N(C3CCCCC3)C2)cc1. The maximum absolute atomic E-state index is 12.3. The van der Waals surface area contributed by atoms with E-state index in [1.165, 1.54) is 6.42 Å². The number of likely N-dealkylation sites (tertiary alicyclic amines) is 1. The fourth-order valence-corrected chi connectivity index (χ4v) is 3.99. The van der Waals surface area contributed by atoms with Crippen LogP contribution in [0.25, 0.3) is 0 Å². The summed E-state index contributed by atoms with van der Waals surface area (Å²) >= 11 is 0. The number of hydrogen-bond acceptors (Lipinski definition) is 6. The van der Waals surface area contributed by atoms with E-state index >= 15 is 0 Å². The molecule has 2 aliphatic rings. The lowest BCUT2D eigenvalue weighted by Crippen LogP contribution is -2.38. The predicted molar refractivity (Wildman–Crippen MR) is 109 cm³/mol. The minimum atomic E-state index is -0.519. The van der Waals surface area contributed by atoms with Crippen LogP contribution in [-0.2, 0) is 23.9 Å². The van der Waals surface area contributed by atoms with Gasteiger partial charge >= 0.3 is 11.9 Å². The number of carbonyl (C=O) groups excluding carboxylic acids is 4. The first-order chi connectivity index (χ1) is 14.5. The first-order valence-electron chi connectivity index (χ1n) is 10.5. The Hall–Kier alpha value is -2.90. The molecule has 0 radical (unpaired) electrons. The smallest absolute Gasteiger partial charge is 0.338 e. The largest absolute Gasteiger partial charge is 0.462 e. The molecular weight excluding hydrogens is 388 g/mol. The highest BCUT2D eigenvalue weighted by Gasteiger charge is 2.39. The quantitative estimate of drug-likeness (QED) is 0.686. The molecule has 2 amide bonds. The summed E-state index contributed by atoms with van der Waals surface area (Å²) in [7, 11) is 0. The zero-order valence-electron chi connectivity index (χ0n) is 17.2. The molecule has 1 aliphatic carbocycles. The highest BCUT2D eigenvalue weighted by molar-refractivity contribution is 5.95. The summed E-state index contributed by atoms with van der Waals surface area (Å²) in [5, 5.41) is 2.61. The van der Waals surface area contributed by atoms with Gasteiger partial charge in [0, 0.05) is 24.7 Å². The van der Waals surface area contributed by atoms with Gasteiger partial charge in [-0.25, -0.2) is 4.79 Å². The first-order valence-corrected chi connectivity index (χ1v) is 10.5. The molecule has 0 aromatic heterocycles. The van der Waals surface area contributed by atoms with Crippen molar-refractivity contribution in [3.8, 4) is 0 Å². The average Bonchev–Trinajstić information content (AvgIpc) is 3.15. The van der Waals surface area contributed by atoms with E-state index in [1.54, 1.807) is 31.2 Å². The Balaban J connectivity index is 1.43. The number of hydrogen-bond donors (Lipinski definition) is 1. The fraction of sp³-hybridized carbons (Fsp3) is 0.545. The summed E-state index contributed by atoms with van der Waals surface area (Å²) in [6.07, 6.45) is 5.56. The average molecular weight is 416 g/mol. The Labute approximate surface area is 175 Å². The van der Waals surface area contributed by atoms with Gasteiger partial charge in [-0.15, -0.1) is 0 Å². The zero-order chi connectivity index (χ0) is 21.5. The topological polar surface area (TPSA) is 102 Å². The van der Waals surface area contributed by atoms with Crippen molar-refractivity contribution in [2.75, 3.05) is 25.1 Å². The van der Waals surface area contributed by atoms with E-state index in [9.17, 15) is 19.2 Å². The van der Waals surface area contributed by atoms with Gasteiger partial charge < -0.3 is 19.7 Å². The summed E-state index contributed by atoms with van der Waals surface area (Å²) in [5.41, 5.74) is 0.860. The number of amides is 2. The molecule has 1 saturated carbocycles. The van der Waals surface area contributed by atoms with Crippen LogP contribution in [-0.4, -0.2) is 54.5 Å². The summed E-state index contributed by atoms with van der Waals surface area (Å²) in [6, 6.07) is 6.46. The van der Waals surface area contributed by atoms with Gasteiger partial charge in [0.05, 0.1) is 18.1 Å². The van der Waals surface area contributed by atoms with Crippen LogP contribution in [0.2, 0.25) is 0 Å². The molecular formula is C22H28N2O6. The van der Waals surface area contributed by atoms with E-state index in [0.717, 1.165) is 25.7 Å². The van der Waals surface area contributed by atoms with Crippen LogP contribution in [0.1, 0.15) is 55.8 Å². The maximum Gasteiger partial charge on any atom is 0.338 e. The van der Waals surface area contributed by atoms with Crippen molar-refractivity contribution in [1.82, 2.24) is 4.90 Å². The molecule has 1 atom stereocenters. The van der Waals surface area contributed by atoms with Crippen LogP contribution in [0.5, 0.6) is 0 Å². The Morgan fingerprint density at radius 3 is 2.43 bits per heavy atom. The number of esters is 2. The lowest BCUT2D eigenvalue weighted by Gasteiger charge is -2.31. The van der Waals surface area contributed by atoms with Crippen LogP contribution in [0.3, 0.4) is 0 Å². The van der Waals surface area contributed by atoms with Crippen LogP contribution >= 0.6 is 0 Å². The fourth-order valence-electron chi connectivity index (χ4n) is 3.99. The number of anilines is 1. The standard InChI is InChI=1S/C22H28N2O6/c1-2-29-21(27)15-8-10-17(11-9-15)23-19(25)14-30-22(28)16-12-20(26)24(13-16)18-6-4-3-5-7-18/h8-11,16,18H,2-7,12-14H2,1H3,(H,23,25)/t16-/m0/s1. The molecule has 162 valence electrons. The van der Waals surface area contributed by atoms with E-state index in [-0.39, 0.29) is 25.0 Å². The van der Waals surface area contributed by atoms with Gasteiger partial charge in [0.2, 0.25) is 5.91 Å². The number of benzene rings is 1. The highest BCUT2D eigenvalue weighted by Crippen LogP contribution is 2.29. The van der Waals surface area contributed by atoms with Gasteiger partial charge in [0.25, 0.3) is 5.91 Å². The molecule has 8 heteroatoms. The molecule has 0 unspecified atom stereocenters. The van der Waals surface area contributed by atoms with Gasteiger partial charge in [-0.3, -0.25) is 14.4 Å². The van der Waals surface area contributed by atoms with Crippen LogP contribution in [0.15, 0.2) is 24.3 Å². The Morgan fingerprint density at radius 1 is 1.07 bits per heavy atom. The Morgan fingerprint density at radius 2 is 1.77 bits per heavy atom. The number of ether oxygens (including phenoxy) is 2. The second kappa shape index (κ2) is 10.2. The molecule has 3 rings (SSSR count). The molecule has 1 N–H and O–H groups in total. The first kappa shape index (κ1) is 21.8. The van der Waals surface area contributed by atoms with Gasteiger partial charge in [-0.2, -0.15) is 0 Å². The summed E-state index contributed by atoms with van der Waals surface area (Å²) in [6.45, 7) is 1.96. The molecule has 0 bridgehead atoms. The second-order valence-corrected chi connectivity index (χ2v) is 7.69. The van der Waals surface area contributed by atoms with Crippen LogP contribution in [0.4, 0.5) is 5.69 Å². The van der Waals surface area contributed by atoms with E-state index in [0.29, 0.717) is 17.8 Å². The van der Waals surface area contributed by atoms with Gasteiger partial charge in [-0.05, 0) is 44.0 Å². The number of nitrogens with zero attached hydrogens (tertiary/aromatic N) is 1. The third-order valence-electron chi connectivity index (χ3n) is 5.53. The van der Waals surface area contributed by atoms with Crippen molar-refractivity contribution >= 4 is 29.4 Å². The van der Waals surface area contributed by atoms with Crippen molar-refractivity contribution in [1.29, 1.82) is 0 Å². The van der Waals surface area contributed by atoms with E-state index in [4.69, 9.17) is 9.47 Å². The Kier molecular flexibility index (Phi) is 7.43. The molecule has 30 heavy (non-hydrogen) atoms. The molecule has 1 heterocycles. The second-order valence-electron chi connectivity index (χ2n) is 7.69. The lowest BCUT2D eigenvalue weighted by atomic mass is 9.94. The molecule has 1 saturated heterocycles. The van der Waals surface area contributed by atoms with E-state index in [2.05, 4.69) is 5.32 Å². The number of carbonyl (C=O) groups is 4. The number of nitrogens with one attached hydrogen (secondary N) is 1. The summed E-state index contributed by atoms with van der Waals surface area (Å²) in [5.74, 6) is -1.96. The third-order valence-corrected chi connectivity index (χ3v) is 5.53. The van der Waals surface area contributed by atoms with Crippen molar-refractivity contribution in [2.24, 2.45) is 5.92 Å².